The molecular weight excluding hydrogens is 258 g/mol. The Morgan fingerprint density at radius 1 is 1.50 bits per heavy atom. The maximum atomic E-state index is 12.2. The quantitative estimate of drug-likeness (QED) is 0.830. The SMILES string of the molecule is Cc1nc(C)c(CCC(=O)N2CCC[C@H]2CO)c(=O)[nH]1. The van der Waals surface area contributed by atoms with E-state index in [9.17, 15) is 14.7 Å². The molecule has 1 aliphatic rings. The summed E-state index contributed by atoms with van der Waals surface area (Å²) in [5.74, 6) is 0.586. The normalized spacial score (nSPS) is 18.6. The summed E-state index contributed by atoms with van der Waals surface area (Å²) >= 11 is 0. The summed E-state index contributed by atoms with van der Waals surface area (Å²) < 4.78 is 0. The molecular formula is C14H21N3O3. The van der Waals surface area contributed by atoms with E-state index in [1.807, 2.05) is 0 Å². The predicted molar refractivity (Wildman–Crippen MR) is 74.5 cm³/mol. The molecule has 0 unspecified atom stereocenters. The van der Waals surface area contributed by atoms with Gasteiger partial charge in [0.1, 0.15) is 5.82 Å². The van der Waals surface area contributed by atoms with E-state index in [-0.39, 0.29) is 30.5 Å². The van der Waals surface area contributed by atoms with Crippen molar-refractivity contribution in [2.75, 3.05) is 13.2 Å². The average molecular weight is 279 g/mol. The minimum Gasteiger partial charge on any atom is -0.394 e. The first-order valence-electron chi connectivity index (χ1n) is 6.99. The number of hydrogen-bond acceptors (Lipinski definition) is 4. The van der Waals surface area contributed by atoms with Crippen molar-refractivity contribution in [3.63, 3.8) is 0 Å². The number of aliphatic hydroxyl groups excluding tert-OH is 1. The monoisotopic (exact) mass is 279 g/mol. The lowest BCUT2D eigenvalue weighted by atomic mass is 10.1. The molecule has 1 aromatic heterocycles. The molecule has 1 amide bonds. The first-order valence-corrected chi connectivity index (χ1v) is 6.99. The Hall–Kier alpha value is -1.69. The van der Waals surface area contributed by atoms with Gasteiger partial charge in [-0.1, -0.05) is 0 Å². The summed E-state index contributed by atoms with van der Waals surface area (Å²) in [6.07, 6.45) is 2.46. The second kappa shape index (κ2) is 6.17. The molecule has 1 atom stereocenters. The molecule has 6 nitrogen and oxygen atoms in total. The van der Waals surface area contributed by atoms with Crippen LogP contribution in [0.2, 0.25) is 0 Å². The molecule has 110 valence electrons. The largest absolute Gasteiger partial charge is 0.394 e. The van der Waals surface area contributed by atoms with Crippen molar-refractivity contribution in [3.8, 4) is 0 Å². The Kier molecular flexibility index (Phi) is 4.54. The number of carbonyl (C=O) groups excluding carboxylic acids is 1. The Labute approximate surface area is 117 Å². The van der Waals surface area contributed by atoms with Crippen LogP contribution in [0.5, 0.6) is 0 Å². The molecule has 1 aliphatic heterocycles. The molecule has 0 spiro atoms. The number of hydrogen-bond donors (Lipinski definition) is 2. The lowest BCUT2D eigenvalue weighted by Gasteiger charge is -2.23. The average Bonchev–Trinajstić information content (AvgIpc) is 2.85. The number of nitrogens with one attached hydrogen (secondary N) is 1. The number of aromatic nitrogens is 2. The van der Waals surface area contributed by atoms with Crippen molar-refractivity contribution >= 4 is 5.91 Å². The third-order valence-electron chi connectivity index (χ3n) is 3.84. The summed E-state index contributed by atoms with van der Waals surface area (Å²) in [6.45, 7) is 4.23. The molecule has 1 aromatic rings. The molecule has 1 fully saturated rings. The number of aliphatic hydroxyl groups is 1. The highest BCUT2D eigenvalue weighted by Crippen LogP contribution is 2.18. The standard InChI is InChI=1S/C14H21N3O3/c1-9-12(14(20)16-10(2)15-9)5-6-13(19)17-7-3-4-11(17)8-18/h11,18H,3-8H2,1-2H3,(H,15,16,20)/t11-/m0/s1. The lowest BCUT2D eigenvalue weighted by Crippen LogP contribution is -2.38. The number of rotatable bonds is 4. The topological polar surface area (TPSA) is 86.3 Å². The third-order valence-corrected chi connectivity index (χ3v) is 3.84. The van der Waals surface area contributed by atoms with E-state index in [0.717, 1.165) is 12.8 Å². The second-order valence-electron chi connectivity index (χ2n) is 5.28. The molecule has 0 aliphatic carbocycles. The molecule has 0 bridgehead atoms. The summed E-state index contributed by atoms with van der Waals surface area (Å²) in [5, 5.41) is 9.23. The minimum absolute atomic E-state index is 0.000856. The van der Waals surface area contributed by atoms with Crippen LogP contribution in [0.15, 0.2) is 4.79 Å². The van der Waals surface area contributed by atoms with Crippen molar-refractivity contribution in [2.24, 2.45) is 0 Å². The van der Waals surface area contributed by atoms with Crippen LogP contribution >= 0.6 is 0 Å². The number of H-pyrrole nitrogens is 1. The number of nitrogens with zero attached hydrogens (tertiary/aromatic N) is 2. The van der Waals surface area contributed by atoms with Crippen LogP contribution in [0.3, 0.4) is 0 Å². The molecule has 1 saturated heterocycles. The van der Waals surface area contributed by atoms with Gasteiger partial charge in [-0.3, -0.25) is 9.59 Å². The van der Waals surface area contributed by atoms with E-state index in [0.29, 0.717) is 30.0 Å². The van der Waals surface area contributed by atoms with Gasteiger partial charge in [-0.15, -0.1) is 0 Å². The van der Waals surface area contributed by atoms with Crippen LogP contribution in [0.4, 0.5) is 0 Å². The fourth-order valence-electron chi connectivity index (χ4n) is 2.77. The van der Waals surface area contributed by atoms with Crippen LogP contribution in [-0.4, -0.2) is 45.1 Å². The zero-order valence-electron chi connectivity index (χ0n) is 12.0. The Balaban J connectivity index is 2.02. The number of amides is 1. The van der Waals surface area contributed by atoms with Gasteiger partial charge >= 0.3 is 0 Å². The van der Waals surface area contributed by atoms with E-state index in [1.165, 1.54) is 0 Å². The first kappa shape index (κ1) is 14.7. The molecule has 2 N–H and O–H groups in total. The summed E-state index contributed by atoms with van der Waals surface area (Å²) in [5.41, 5.74) is 1.09. The van der Waals surface area contributed by atoms with Crippen LogP contribution in [0, 0.1) is 13.8 Å². The molecule has 6 heteroatoms. The van der Waals surface area contributed by atoms with Gasteiger partial charge < -0.3 is 15.0 Å². The maximum Gasteiger partial charge on any atom is 0.254 e. The maximum absolute atomic E-state index is 12.2. The van der Waals surface area contributed by atoms with Crippen molar-refractivity contribution in [3.05, 3.63) is 27.4 Å². The summed E-state index contributed by atoms with van der Waals surface area (Å²) in [7, 11) is 0. The van der Waals surface area contributed by atoms with Gasteiger partial charge in [-0.05, 0) is 33.1 Å². The van der Waals surface area contributed by atoms with Crippen molar-refractivity contribution < 1.29 is 9.90 Å². The van der Waals surface area contributed by atoms with E-state index in [4.69, 9.17) is 0 Å². The van der Waals surface area contributed by atoms with Gasteiger partial charge in [0.15, 0.2) is 0 Å². The van der Waals surface area contributed by atoms with E-state index < -0.39 is 0 Å². The van der Waals surface area contributed by atoms with Gasteiger partial charge in [0.25, 0.3) is 5.56 Å². The Bertz CT molecular complexity index is 553. The Morgan fingerprint density at radius 2 is 2.25 bits per heavy atom. The molecule has 20 heavy (non-hydrogen) atoms. The van der Waals surface area contributed by atoms with E-state index in [1.54, 1.807) is 18.7 Å². The third kappa shape index (κ3) is 3.07. The number of aryl methyl sites for hydroxylation is 2. The summed E-state index contributed by atoms with van der Waals surface area (Å²) in [6, 6.07) is -0.0574. The molecule has 0 radical (unpaired) electrons. The van der Waals surface area contributed by atoms with Gasteiger partial charge in [0, 0.05) is 24.2 Å². The highest BCUT2D eigenvalue weighted by Gasteiger charge is 2.27. The van der Waals surface area contributed by atoms with Gasteiger partial charge in [-0.25, -0.2) is 4.98 Å². The van der Waals surface area contributed by atoms with Gasteiger partial charge in [0.05, 0.1) is 12.6 Å². The van der Waals surface area contributed by atoms with E-state index >= 15 is 0 Å². The second-order valence-corrected chi connectivity index (χ2v) is 5.28. The zero-order valence-corrected chi connectivity index (χ0v) is 12.0. The Morgan fingerprint density at radius 3 is 2.90 bits per heavy atom. The smallest absolute Gasteiger partial charge is 0.254 e. The van der Waals surface area contributed by atoms with Crippen LogP contribution in [0.1, 0.15) is 36.3 Å². The molecule has 0 saturated carbocycles. The van der Waals surface area contributed by atoms with Crippen LogP contribution in [0.25, 0.3) is 0 Å². The molecule has 0 aromatic carbocycles. The zero-order chi connectivity index (χ0) is 14.7. The van der Waals surface area contributed by atoms with Crippen molar-refractivity contribution in [1.82, 2.24) is 14.9 Å². The highest BCUT2D eigenvalue weighted by molar-refractivity contribution is 5.77. The van der Waals surface area contributed by atoms with E-state index in [2.05, 4.69) is 9.97 Å². The fraction of sp³-hybridized carbons (Fsp3) is 0.643. The number of likely N-dealkylation sites (tertiary alicyclic amines) is 1. The molecule has 2 heterocycles. The van der Waals surface area contributed by atoms with Crippen molar-refractivity contribution in [2.45, 2.75) is 45.6 Å². The van der Waals surface area contributed by atoms with Gasteiger partial charge in [0.2, 0.25) is 5.91 Å². The van der Waals surface area contributed by atoms with Crippen LogP contribution < -0.4 is 5.56 Å². The first-order chi connectivity index (χ1) is 9.52. The summed E-state index contributed by atoms with van der Waals surface area (Å²) in [4.78, 5) is 32.6. The fourth-order valence-corrected chi connectivity index (χ4v) is 2.77. The number of carbonyl (C=O) groups is 1. The highest BCUT2D eigenvalue weighted by atomic mass is 16.3. The minimum atomic E-state index is -0.164. The number of aromatic amines is 1. The van der Waals surface area contributed by atoms with Crippen molar-refractivity contribution in [1.29, 1.82) is 0 Å². The lowest BCUT2D eigenvalue weighted by molar-refractivity contribution is -0.132. The molecule has 2 rings (SSSR count). The van der Waals surface area contributed by atoms with Gasteiger partial charge in [-0.2, -0.15) is 0 Å². The predicted octanol–water partition coefficient (Wildman–Crippen LogP) is 0.303. The van der Waals surface area contributed by atoms with Crippen LogP contribution in [-0.2, 0) is 11.2 Å².